The molecule has 2 unspecified atom stereocenters. The molecule has 1 aliphatic rings. The normalized spacial score (nSPS) is 19.0. The minimum Gasteiger partial charge on any atom is -0.378 e. The maximum absolute atomic E-state index is 10.8. The number of aromatic nitrogens is 1. The van der Waals surface area contributed by atoms with Crippen LogP contribution in [-0.4, -0.2) is 28.8 Å². The second-order valence-corrected chi connectivity index (χ2v) is 10.3. The molecule has 1 aromatic carbocycles. The molecule has 0 amide bonds. The standard InChI is InChI=1S/C20H32N2O3.C10H15N/c1-3-4-10-20(21-22(23)24)16(2)15-25-19-13-11-18(12-14-19)17-8-6-5-7-9-17;1-3-4-5-10-8-9(2)6-7-11-10/h5-9,16,18-21H,3-4,10-15H2,1-2H3;6-8H,3-5H2,1-2H3. The fourth-order valence-corrected chi connectivity index (χ4v) is 4.82. The van der Waals surface area contributed by atoms with Gasteiger partial charge in [0.15, 0.2) is 5.03 Å². The summed E-state index contributed by atoms with van der Waals surface area (Å²) < 4.78 is 6.11. The third kappa shape index (κ3) is 11.5. The van der Waals surface area contributed by atoms with E-state index in [0.29, 0.717) is 18.6 Å². The second kappa shape index (κ2) is 17.1. The molecule has 0 saturated heterocycles. The molecule has 0 aliphatic heterocycles. The van der Waals surface area contributed by atoms with Gasteiger partial charge in [0, 0.05) is 17.8 Å². The van der Waals surface area contributed by atoms with Crippen molar-refractivity contribution in [2.24, 2.45) is 5.92 Å². The van der Waals surface area contributed by atoms with E-state index < -0.39 is 5.03 Å². The van der Waals surface area contributed by atoms with Crippen molar-refractivity contribution in [2.45, 2.75) is 110 Å². The van der Waals surface area contributed by atoms with E-state index in [0.717, 1.165) is 51.4 Å². The molecule has 36 heavy (non-hydrogen) atoms. The van der Waals surface area contributed by atoms with Gasteiger partial charge in [-0.3, -0.25) is 4.98 Å². The fraction of sp³-hybridized carbons (Fsp3) is 0.633. The molecule has 1 aromatic heterocycles. The van der Waals surface area contributed by atoms with Crippen LogP contribution in [0.5, 0.6) is 0 Å². The topological polar surface area (TPSA) is 77.3 Å². The number of hydrogen-bond acceptors (Lipinski definition) is 4. The SMILES string of the molecule is CCCCC(N[N+](=O)[O-])C(C)COC1CCC(c2ccccc2)CC1.CCCCc1cc(C)ccn1. The van der Waals surface area contributed by atoms with Crippen LogP contribution in [-0.2, 0) is 11.2 Å². The minimum atomic E-state index is -0.415. The second-order valence-electron chi connectivity index (χ2n) is 10.3. The number of aryl methyl sites for hydroxylation is 2. The van der Waals surface area contributed by atoms with Crippen molar-refractivity contribution in [2.75, 3.05) is 6.61 Å². The molecule has 1 fully saturated rings. The molecule has 1 N–H and O–H groups in total. The molecule has 6 heteroatoms. The summed E-state index contributed by atoms with van der Waals surface area (Å²) >= 11 is 0. The summed E-state index contributed by atoms with van der Waals surface area (Å²) in [7, 11) is 0. The molecule has 6 nitrogen and oxygen atoms in total. The number of hydrazine groups is 1. The van der Waals surface area contributed by atoms with Crippen LogP contribution < -0.4 is 5.43 Å². The molecule has 200 valence electrons. The van der Waals surface area contributed by atoms with Gasteiger partial charge in [0.2, 0.25) is 0 Å². The molecule has 1 aliphatic carbocycles. The van der Waals surface area contributed by atoms with Crippen molar-refractivity contribution in [1.82, 2.24) is 10.4 Å². The molecule has 0 bridgehead atoms. The Bertz CT molecular complexity index is 854. The first kappa shape index (κ1) is 29.8. The summed E-state index contributed by atoms with van der Waals surface area (Å²) in [6.45, 7) is 9.06. The maximum Gasteiger partial charge on any atom is 0.157 e. The van der Waals surface area contributed by atoms with Gasteiger partial charge >= 0.3 is 0 Å². The van der Waals surface area contributed by atoms with Gasteiger partial charge < -0.3 is 4.74 Å². The molecule has 2 aromatic rings. The quantitative estimate of drug-likeness (QED) is 0.230. The first-order chi connectivity index (χ1) is 17.4. The average molecular weight is 498 g/mol. The number of unbranched alkanes of at least 4 members (excludes halogenated alkanes) is 2. The Hall–Kier alpha value is -2.47. The number of nitrogens with one attached hydrogen (secondary N) is 1. The lowest BCUT2D eigenvalue weighted by Gasteiger charge is -2.30. The molecule has 2 atom stereocenters. The van der Waals surface area contributed by atoms with Crippen LogP contribution in [0.15, 0.2) is 48.7 Å². The van der Waals surface area contributed by atoms with E-state index in [1.165, 1.54) is 29.7 Å². The Labute approximate surface area is 218 Å². The lowest BCUT2D eigenvalue weighted by molar-refractivity contribution is -0.553. The summed E-state index contributed by atoms with van der Waals surface area (Å²) in [5, 5.41) is 10.4. The molecule has 0 radical (unpaired) electrons. The predicted octanol–water partition coefficient (Wildman–Crippen LogP) is 7.44. The van der Waals surface area contributed by atoms with E-state index in [9.17, 15) is 10.1 Å². The highest BCUT2D eigenvalue weighted by atomic mass is 16.7. The molecule has 1 saturated carbocycles. The lowest BCUT2D eigenvalue weighted by atomic mass is 9.83. The molecule has 0 spiro atoms. The first-order valence-corrected chi connectivity index (χ1v) is 13.9. The average Bonchev–Trinajstić information content (AvgIpc) is 2.89. The Kier molecular flexibility index (Phi) is 14.1. The monoisotopic (exact) mass is 497 g/mol. The summed E-state index contributed by atoms with van der Waals surface area (Å²) in [5.74, 6) is 0.788. The lowest BCUT2D eigenvalue weighted by Crippen LogP contribution is -2.41. The summed E-state index contributed by atoms with van der Waals surface area (Å²) in [6, 6.07) is 14.8. The first-order valence-electron chi connectivity index (χ1n) is 13.9. The van der Waals surface area contributed by atoms with Crippen molar-refractivity contribution in [3.63, 3.8) is 0 Å². The Balaban J connectivity index is 0.000000346. The number of pyridine rings is 1. The van der Waals surface area contributed by atoms with Crippen molar-refractivity contribution >= 4 is 0 Å². The van der Waals surface area contributed by atoms with Crippen LogP contribution in [0.25, 0.3) is 0 Å². The predicted molar refractivity (Wildman–Crippen MR) is 148 cm³/mol. The van der Waals surface area contributed by atoms with Gasteiger partial charge in [-0.25, -0.2) is 10.1 Å². The van der Waals surface area contributed by atoms with Gasteiger partial charge in [-0.15, -0.1) is 5.43 Å². The highest BCUT2D eigenvalue weighted by molar-refractivity contribution is 5.20. The van der Waals surface area contributed by atoms with Crippen LogP contribution >= 0.6 is 0 Å². The molecular weight excluding hydrogens is 450 g/mol. The smallest absolute Gasteiger partial charge is 0.157 e. The van der Waals surface area contributed by atoms with Crippen LogP contribution in [0.3, 0.4) is 0 Å². The number of ether oxygens (including phenoxy) is 1. The largest absolute Gasteiger partial charge is 0.378 e. The van der Waals surface area contributed by atoms with E-state index in [1.807, 2.05) is 19.2 Å². The zero-order valence-corrected chi connectivity index (χ0v) is 22.8. The Morgan fingerprint density at radius 1 is 1.08 bits per heavy atom. The third-order valence-corrected chi connectivity index (χ3v) is 7.13. The van der Waals surface area contributed by atoms with Gasteiger partial charge in [0.05, 0.1) is 18.8 Å². The van der Waals surface area contributed by atoms with Crippen molar-refractivity contribution in [3.8, 4) is 0 Å². The fourth-order valence-electron chi connectivity index (χ4n) is 4.82. The highest BCUT2D eigenvalue weighted by Crippen LogP contribution is 2.34. The van der Waals surface area contributed by atoms with Gasteiger partial charge in [-0.05, 0) is 81.0 Å². The molecule has 1 heterocycles. The zero-order chi connectivity index (χ0) is 26.2. The van der Waals surface area contributed by atoms with E-state index >= 15 is 0 Å². The van der Waals surface area contributed by atoms with Gasteiger partial charge in [0.1, 0.15) is 0 Å². The summed E-state index contributed by atoms with van der Waals surface area (Å²) in [4.78, 5) is 15.1. The van der Waals surface area contributed by atoms with Crippen LogP contribution in [0.2, 0.25) is 0 Å². The summed E-state index contributed by atoms with van der Waals surface area (Å²) in [5.41, 5.74) is 6.45. The number of nitro groups is 1. The van der Waals surface area contributed by atoms with Gasteiger partial charge in [-0.2, -0.15) is 0 Å². The molecular formula is C30H47N3O3. The number of benzene rings is 1. The van der Waals surface area contributed by atoms with E-state index in [2.05, 4.69) is 67.6 Å². The van der Waals surface area contributed by atoms with Crippen molar-refractivity contribution in [1.29, 1.82) is 0 Å². The zero-order valence-electron chi connectivity index (χ0n) is 22.8. The number of rotatable bonds is 13. The number of hydrogen-bond donors (Lipinski definition) is 1. The maximum atomic E-state index is 10.8. The van der Waals surface area contributed by atoms with Gasteiger partial charge in [-0.1, -0.05) is 70.4 Å². The van der Waals surface area contributed by atoms with Crippen molar-refractivity contribution in [3.05, 3.63) is 75.6 Å². The van der Waals surface area contributed by atoms with E-state index in [-0.39, 0.29) is 12.0 Å². The third-order valence-electron chi connectivity index (χ3n) is 7.13. The van der Waals surface area contributed by atoms with Crippen LogP contribution in [0, 0.1) is 23.0 Å². The Morgan fingerprint density at radius 2 is 1.78 bits per heavy atom. The van der Waals surface area contributed by atoms with E-state index in [4.69, 9.17) is 4.74 Å². The highest BCUT2D eigenvalue weighted by Gasteiger charge is 2.26. The van der Waals surface area contributed by atoms with E-state index in [1.54, 1.807) is 0 Å². The minimum absolute atomic E-state index is 0.115. The van der Waals surface area contributed by atoms with Crippen LogP contribution in [0.4, 0.5) is 0 Å². The van der Waals surface area contributed by atoms with Gasteiger partial charge in [0.25, 0.3) is 0 Å². The van der Waals surface area contributed by atoms with Crippen molar-refractivity contribution < 1.29 is 9.77 Å². The molecule has 3 rings (SSSR count). The summed E-state index contributed by atoms with van der Waals surface area (Å²) in [6.07, 6.45) is 13.1. The van der Waals surface area contributed by atoms with Crippen LogP contribution in [0.1, 0.15) is 101 Å². The Morgan fingerprint density at radius 3 is 2.39 bits per heavy atom. The number of nitrogens with zero attached hydrogens (tertiary/aromatic N) is 2.